The second kappa shape index (κ2) is 8.60. The molecule has 7 heteroatoms. The summed E-state index contributed by atoms with van der Waals surface area (Å²) in [4.78, 5) is 21.2. The molecule has 0 bridgehead atoms. The second-order valence-corrected chi connectivity index (χ2v) is 6.57. The number of esters is 1. The highest BCUT2D eigenvalue weighted by atomic mass is 35.5. The van der Waals surface area contributed by atoms with Crippen molar-refractivity contribution in [2.45, 2.75) is 6.61 Å². The molecule has 0 spiro atoms. The topological polar surface area (TPSA) is 60.8 Å². The van der Waals surface area contributed by atoms with E-state index in [1.165, 1.54) is 18.4 Å². The van der Waals surface area contributed by atoms with Gasteiger partial charge in [-0.15, -0.1) is 11.3 Å². The fourth-order valence-corrected chi connectivity index (χ4v) is 3.06. The van der Waals surface area contributed by atoms with Crippen molar-refractivity contribution in [2.24, 2.45) is 5.16 Å². The number of hydrogen-bond donors (Lipinski definition) is 0. The van der Waals surface area contributed by atoms with Gasteiger partial charge in [0.1, 0.15) is 5.01 Å². The Morgan fingerprint density at radius 3 is 2.62 bits per heavy atom. The number of halogens is 1. The molecule has 0 unspecified atom stereocenters. The van der Waals surface area contributed by atoms with Crippen LogP contribution in [-0.2, 0) is 16.2 Å². The SMILES string of the molecule is COC(=O)c1ccc(C=NOCc2csc(-c3ccc(Cl)cc3)n2)cc1. The smallest absolute Gasteiger partial charge is 0.337 e. The lowest BCUT2D eigenvalue weighted by Crippen LogP contribution is -2.00. The van der Waals surface area contributed by atoms with Crippen molar-refractivity contribution in [3.8, 4) is 10.6 Å². The summed E-state index contributed by atoms with van der Waals surface area (Å²) >= 11 is 7.43. The minimum Gasteiger partial charge on any atom is -0.465 e. The van der Waals surface area contributed by atoms with Crippen LogP contribution in [0.2, 0.25) is 5.02 Å². The highest BCUT2D eigenvalue weighted by molar-refractivity contribution is 7.13. The molecule has 0 fully saturated rings. The second-order valence-electron chi connectivity index (χ2n) is 5.27. The first-order valence-corrected chi connectivity index (χ1v) is 8.95. The Morgan fingerprint density at radius 1 is 1.19 bits per heavy atom. The van der Waals surface area contributed by atoms with Crippen LogP contribution in [0.5, 0.6) is 0 Å². The molecular formula is C19H15ClN2O3S. The molecule has 0 saturated carbocycles. The first-order valence-electron chi connectivity index (χ1n) is 7.70. The minimum atomic E-state index is -0.371. The van der Waals surface area contributed by atoms with Crippen LogP contribution >= 0.6 is 22.9 Å². The maximum absolute atomic E-state index is 11.4. The number of benzene rings is 2. The number of nitrogens with zero attached hydrogens (tertiary/aromatic N) is 2. The van der Waals surface area contributed by atoms with Crippen LogP contribution in [0.15, 0.2) is 59.1 Å². The van der Waals surface area contributed by atoms with Crippen LogP contribution in [0.3, 0.4) is 0 Å². The van der Waals surface area contributed by atoms with Crippen molar-refractivity contribution < 1.29 is 14.4 Å². The fourth-order valence-electron chi connectivity index (χ4n) is 2.12. The molecule has 0 N–H and O–H groups in total. The number of hydrogen-bond acceptors (Lipinski definition) is 6. The van der Waals surface area contributed by atoms with Crippen molar-refractivity contribution in [3.63, 3.8) is 0 Å². The Hall–Kier alpha value is -2.70. The van der Waals surface area contributed by atoms with Gasteiger partial charge in [0.25, 0.3) is 0 Å². The highest BCUT2D eigenvalue weighted by Crippen LogP contribution is 2.25. The number of rotatable bonds is 6. The molecule has 5 nitrogen and oxygen atoms in total. The summed E-state index contributed by atoms with van der Waals surface area (Å²) in [6, 6.07) is 14.4. The highest BCUT2D eigenvalue weighted by Gasteiger charge is 2.05. The van der Waals surface area contributed by atoms with Gasteiger partial charge >= 0.3 is 5.97 Å². The summed E-state index contributed by atoms with van der Waals surface area (Å²) in [6.45, 7) is 0.279. The van der Waals surface area contributed by atoms with Gasteiger partial charge in [-0.1, -0.05) is 41.0 Å². The van der Waals surface area contributed by atoms with Gasteiger partial charge in [0.2, 0.25) is 0 Å². The molecule has 3 aromatic rings. The summed E-state index contributed by atoms with van der Waals surface area (Å²) in [5.74, 6) is -0.371. The van der Waals surface area contributed by atoms with E-state index < -0.39 is 0 Å². The average molecular weight is 387 g/mol. The molecule has 0 aliphatic carbocycles. The first-order chi connectivity index (χ1) is 12.7. The number of oxime groups is 1. The van der Waals surface area contributed by atoms with Crippen LogP contribution in [0, 0.1) is 0 Å². The number of carbonyl (C=O) groups is 1. The van der Waals surface area contributed by atoms with Crippen LogP contribution < -0.4 is 0 Å². The zero-order valence-electron chi connectivity index (χ0n) is 13.9. The van der Waals surface area contributed by atoms with Gasteiger partial charge in [0.05, 0.1) is 24.6 Å². The van der Waals surface area contributed by atoms with Crippen molar-refractivity contribution >= 4 is 35.1 Å². The van der Waals surface area contributed by atoms with E-state index in [9.17, 15) is 4.79 Å². The van der Waals surface area contributed by atoms with E-state index in [2.05, 4.69) is 14.9 Å². The van der Waals surface area contributed by atoms with E-state index in [1.807, 2.05) is 29.6 Å². The zero-order chi connectivity index (χ0) is 18.4. The number of carbonyl (C=O) groups excluding carboxylic acids is 1. The standard InChI is InChI=1S/C19H15ClN2O3S/c1-24-19(23)15-4-2-13(3-5-15)10-21-25-11-17-12-26-18(22-17)14-6-8-16(20)9-7-14/h2-10,12H,11H2,1H3. The Balaban J connectivity index is 1.54. The largest absolute Gasteiger partial charge is 0.465 e. The molecule has 0 radical (unpaired) electrons. The maximum atomic E-state index is 11.4. The van der Waals surface area contributed by atoms with Crippen molar-refractivity contribution in [1.29, 1.82) is 0 Å². The molecule has 0 aliphatic rings. The first kappa shape index (κ1) is 18.1. The normalized spacial score (nSPS) is 10.8. The quantitative estimate of drug-likeness (QED) is 0.347. The monoisotopic (exact) mass is 386 g/mol. The predicted molar refractivity (Wildman–Crippen MR) is 103 cm³/mol. The third-order valence-electron chi connectivity index (χ3n) is 3.46. The van der Waals surface area contributed by atoms with Crippen molar-refractivity contribution in [3.05, 3.63) is 75.8 Å². The third kappa shape index (κ3) is 4.68. The van der Waals surface area contributed by atoms with Crippen molar-refractivity contribution in [2.75, 3.05) is 7.11 Å². The lowest BCUT2D eigenvalue weighted by Gasteiger charge is -1.99. The Kier molecular flexibility index (Phi) is 5.99. The van der Waals surface area contributed by atoms with Gasteiger partial charge in [-0.2, -0.15) is 0 Å². The average Bonchev–Trinajstić information content (AvgIpc) is 3.14. The van der Waals surface area contributed by atoms with E-state index in [-0.39, 0.29) is 12.6 Å². The zero-order valence-corrected chi connectivity index (χ0v) is 15.5. The molecule has 3 rings (SSSR count). The molecule has 2 aromatic carbocycles. The van der Waals surface area contributed by atoms with Crippen LogP contribution in [-0.4, -0.2) is 24.3 Å². The van der Waals surface area contributed by atoms with E-state index in [0.29, 0.717) is 10.6 Å². The molecule has 1 aromatic heterocycles. The molecule has 0 saturated heterocycles. The fraction of sp³-hybridized carbons (Fsp3) is 0.105. The summed E-state index contributed by atoms with van der Waals surface area (Å²) < 4.78 is 4.65. The van der Waals surface area contributed by atoms with Crippen molar-refractivity contribution in [1.82, 2.24) is 4.98 Å². The minimum absolute atomic E-state index is 0.279. The van der Waals surface area contributed by atoms with E-state index in [0.717, 1.165) is 21.8 Å². The van der Waals surface area contributed by atoms with E-state index in [1.54, 1.807) is 30.5 Å². The van der Waals surface area contributed by atoms with Gasteiger partial charge in [-0.3, -0.25) is 0 Å². The molecule has 26 heavy (non-hydrogen) atoms. The summed E-state index contributed by atoms with van der Waals surface area (Å²) in [5.41, 5.74) is 3.12. The molecule has 0 atom stereocenters. The number of aromatic nitrogens is 1. The number of thiazole rings is 1. The molecule has 132 valence electrons. The number of ether oxygens (including phenoxy) is 1. The van der Waals surface area contributed by atoms with E-state index >= 15 is 0 Å². The Morgan fingerprint density at radius 2 is 1.92 bits per heavy atom. The lowest BCUT2D eigenvalue weighted by molar-refractivity contribution is 0.0600. The van der Waals surface area contributed by atoms with Crippen LogP contribution in [0.4, 0.5) is 0 Å². The summed E-state index contributed by atoms with van der Waals surface area (Å²) in [5, 5.41) is 7.47. The third-order valence-corrected chi connectivity index (χ3v) is 4.66. The Labute approximate surface area is 159 Å². The van der Waals surface area contributed by atoms with Crippen LogP contribution in [0.1, 0.15) is 21.6 Å². The van der Waals surface area contributed by atoms with Gasteiger partial charge in [0.15, 0.2) is 6.61 Å². The number of methoxy groups -OCH3 is 1. The Bertz CT molecular complexity index is 905. The lowest BCUT2D eigenvalue weighted by atomic mass is 10.1. The molecular weight excluding hydrogens is 372 g/mol. The van der Waals surface area contributed by atoms with Crippen LogP contribution in [0.25, 0.3) is 10.6 Å². The summed E-state index contributed by atoms with van der Waals surface area (Å²) in [7, 11) is 1.35. The van der Waals surface area contributed by atoms with E-state index in [4.69, 9.17) is 16.4 Å². The predicted octanol–water partition coefficient (Wildman–Crippen LogP) is 4.80. The molecule has 0 aliphatic heterocycles. The molecule has 0 amide bonds. The van der Waals surface area contributed by atoms with Gasteiger partial charge in [-0.25, -0.2) is 9.78 Å². The van der Waals surface area contributed by atoms with Gasteiger partial charge in [0, 0.05) is 16.0 Å². The maximum Gasteiger partial charge on any atom is 0.337 e. The van der Waals surface area contributed by atoms with Gasteiger partial charge < -0.3 is 9.57 Å². The summed E-state index contributed by atoms with van der Waals surface area (Å²) in [6.07, 6.45) is 1.58. The van der Waals surface area contributed by atoms with Gasteiger partial charge in [-0.05, 0) is 29.8 Å². The molecule has 1 heterocycles.